The van der Waals surface area contributed by atoms with Gasteiger partial charge in [-0.25, -0.2) is 4.52 Å². The van der Waals surface area contributed by atoms with E-state index in [0.29, 0.717) is 0 Å². The van der Waals surface area contributed by atoms with Crippen molar-refractivity contribution < 1.29 is 0 Å². The number of aromatic nitrogens is 3. The van der Waals surface area contributed by atoms with Gasteiger partial charge in [0.15, 0.2) is 0 Å². The van der Waals surface area contributed by atoms with Gasteiger partial charge < -0.3 is 5.73 Å². The minimum Gasteiger partial charge on any atom is -0.320 e. The van der Waals surface area contributed by atoms with Crippen molar-refractivity contribution in [3.05, 3.63) is 78.2 Å². The van der Waals surface area contributed by atoms with E-state index in [4.69, 9.17) is 5.73 Å². The van der Waals surface area contributed by atoms with Gasteiger partial charge in [-0.2, -0.15) is 5.10 Å². The zero-order valence-corrected chi connectivity index (χ0v) is 11.3. The van der Waals surface area contributed by atoms with Crippen molar-refractivity contribution >= 4 is 16.4 Å². The number of hydrogen-bond acceptors (Lipinski definition) is 3. The normalized spacial score (nSPS) is 12.8. The van der Waals surface area contributed by atoms with E-state index in [1.54, 1.807) is 6.20 Å². The highest BCUT2D eigenvalue weighted by atomic mass is 15.2. The smallest absolute Gasteiger partial charge is 0.0712 e. The van der Waals surface area contributed by atoms with E-state index >= 15 is 0 Å². The van der Waals surface area contributed by atoms with Crippen LogP contribution < -0.4 is 5.73 Å². The molecule has 0 saturated heterocycles. The maximum Gasteiger partial charge on any atom is 0.0712 e. The zero-order valence-electron chi connectivity index (χ0n) is 11.3. The lowest BCUT2D eigenvalue weighted by Gasteiger charge is -2.13. The van der Waals surface area contributed by atoms with Crippen LogP contribution in [0.4, 0.5) is 0 Å². The van der Waals surface area contributed by atoms with Gasteiger partial charge in [-0.05, 0) is 29.8 Å². The number of nitrogens with two attached hydrogens (primary N) is 1. The predicted molar refractivity (Wildman–Crippen MR) is 83.0 cm³/mol. The lowest BCUT2D eigenvalue weighted by Crippen LogP contribution is -2.12. The number of fused-ring (bicyclic) bond motifs is 2. The van der Waals surface area contributed by atoms with Gasteiger partial charge >= 0.3 is 0 Å². The summed E-state index contributed by atoms with van der Waals surface area (Å²) in [6, 6.07) is 15.8. The Balaban J connectivity index is 1.92. The fraction of sp³-hybridized carbons (Fsp3) is 0.0588. The van der Waals surface area contributed by atoms with Crippen LogP contribution in [-0.4, -0.2) is 14.6 Å². The van der Waals surface area contributed by atoms with E-state index in [1.165, 1.54) is 0 Å². The number of rotatable bonds is 2. The molecule has 3 aromatic heterocycles. The summed E-state index contributed by atoms with van der Waals surface area (Å²) in [6.07, 6.45) is 5.57. The van der Waals surface area contributed by atoms with Crippen LogP contribution in [-0.2, 0) is 0 Å². The standard InChI is InChI=1S/C17H14N4/c18-17(14-11-20-21-10-2-1-8-16(14)21)13-5-3-7-15-12(13)6-4-9-19-15/h1-11,17H,18H2. The summed E-state index contributed by atoms with van der Waals surface area (Å²) >= 11 is 0. The first-order valence-electron chi connectivity index (χ1n) is 6.86. The van der Waals surface area contributed by atoms with Crippen molar-refractivity contribution in [2.75, 3.05) is 0 Å². The molecule has 4 heteroatoms. The second kappa shape index (κ2) is 4.68. The molecule has 0 aliphatic rings. The van der Waals surface area contributed by atoms with Crippen molar-refractivity contribution in [2.45, 2.75) is 6.04 Å². The molecule has 2 N–H and O–H groups in total. The third-order valence-corrected chi connectivity index (χ3v) is 3.81. The fourth-order valence-corrected chi connectivity index (χ4v) is 2.76. The van der Waals surface area contributed by atoms with Gasteiger partial charge in [-0.3, -0.25) is 4.98 Å². The van der Waals surface area contributed by atoms with Crippen molar-refractivity contribution in [3.8, 4) is 0 Å². The van der Waals surface area contributed by atoms with Crippen LogP contribution in [0.2, 0.25) is 0 Å². The molecule has 0 saturated carbocycles. The third kappa shape index (κ3) is 1.88. The molecule has 4 nitrogen and oxygen atoms in total. The first-order chi connectivity index (χ1) is 10.3. The van der Waals surface area contributed by atoms with Crippen molar-refractivity contribution in [3.63, 3.8) is 0 Å². The Bertz CT molecular complexity index is 921. The highest BCUT2D eigenvalue weighted by Gasteiger charge is 2.16. The average Bonchev–Trinajstić information content (AvgIpc) is 2.98. The maximum absolute atomic E-state index is 6.51. The Hall–Kier alpha value is -2.72. The van der Waals surface area contributed by atoms with Gasteiger partial charge in [0.05, 0.1) is 23.3 Å². The van der Waals surface area contributed by atoms with Crippen LogP contribution in [0.15, 0.2) is 67.1 Å². The predicted octanol–water partition coefficient (Wildman–Crippen LogP) is 2.93. The van der Waals surface area contributed by atoms with Crippen molar-refractivity contribution in [1.29, 1.82) is 0 Å². The van der Waals surface area contributed by atoms with Crippen LogP contribution >= 0.6 is 0 Å². The zero-order chi connectivity index (χ0) is 14.2. The van der Waals surface area contributed by atoms with Gasteiger partial charge in [-0.15, -0.1) is 0 Å². The highest BCUT2D eigenvalue weighted by molar-refractivity contribution is 5.83. The Morgan fingerprint density at radius 3 is 2.86 bits per heavy atom. The van der Waals surface area contributed by atoms with Gasteiger partial charge in [0.1, 0.15) is 0 Å². The molecule has 0 spiro atoms. The van der Waals surface area contributed by atoms with E-state index in [0.717, 1.165) is 27.5 Å². The summed E-state index contributed by atoms with van der Waals surface area (Å²) in [6.45, 7) is 0. The number of benzene rings is 1. The molecule has 102 valence electrons. The van der Waals surface area contributed by atoms with Crippen molar-refractivity contribution in [2.24, 2.45) is 5.73 Å². The average molecular weight is 274 g/mol. The van der Waals surface area contributed by atoms with E-state index in [9.17, 15) is 0 Å². The summed E-state index contributed by atoms with van der Waals surface area (Å²) in [7, 11) is 0. The topological polar surface area (TPSA) is 56.2 Å². The largest absolute Gasteiger partial charge is 0.320 e. The maximum atomic E-state index is 6.51. The second-order valence-corrected chi connectivity index (χ2v) is 5.03. The number of pyridine rings is 2. The monoisotopic (exact) mass is 274 g/mol. The summed E-state index contributed by atoms with van der Waals surface area (Å²) in [5.41, 5.74) is 10.6. The molecule has 3 heterocycles. The molecule has 21 heavy (non-hydrogen) atoms. The van der Waals surface area contributed by atoms with Crippen LogP contribution in [0.1, 0.15) is 17.2 Å². The lowest BCUT2D eigenvalue weighted by molar-refractivity contribution is 0.889. The molecule has 0 amide bonds. The lowest BCUT2D eigenvalue weighted by atomic mass is 9.97. The van der Waals surface area contributed by atoms with Gasteiger partial charge in [0.2, 0.25) is 0 Å². The minimum absolute atomic E-state index is 0.224. The summed E-state index contributed by atoms with van der Waals surface area (Å²) < 4.78 is 1.85. The van der Waals surface area contributed by atoms with E-state index in [1.807, 2.05) is 53.3 Å². The van der Waals surface area contributed by atoms with Crippen molar-refractivity contribution in [1.82, 2.24) is 14.6 Å². The molecule has 4 rings (SSSR count). The Labute approximate surface area is 121 Å². The van der Waals surface area contributed by atoms with Crippen LogP contribution in [0.25, 0.3) is 16.4 Å². The molecule has 0 aliphatic heterocycles. The molecule has 4 aromatic rings. The number of nitrogens with zero attached hydrogens (tertiary/aromatic N) is 3. The van der Waals surface area contributed by atoms with Crippen LogP contribution in [0, 0.1) is 0 Å². The molecular formula is C17H14N4. The highest BCUT2D eigenvalue weighted by Crippen LogP contribution is 2.28. The molecule has 0 aliphatic carbocycles. The Morgan fingerprint density at radius 1 is 0.952 bits per heavy atom. The Morgan fingerprint density at radius 2 is 1.90 bits per heavy atom. The molecular weight excluding hydrogens is 260 g/mol. The summed E-state index contributed by atoms with van der Waals surface area (Å²) in [4.78, 5) is 4.39. The van der Waals surface area contributed by atoms with Gasteiger partial charge in [-0.1, -0.05) is 24.3 Å². The molecule has 0 radical (unpaired) electrons. The van der Waals surface area contributed by atoms with E-state index in [2.05, 4.69) is 22.2 Å². The molecule has 0 bridgehead atoms. The SMILES string of the molecule is NC(c1cccc2ncccc12)c1cnn2ccccc12. The summed E-state index contributed by atoms with van der Waals surface area (Å²) in [5.74, 6) is 0. The molecule has 1 unspecified atom stereocenters. The van der Waals surface area contributed by atoms with Crippen LogP contribution in [0.3, 0.4) is 0 Å². The molecule has 1 aromatic carbocycles. The van der Waals surface area contributed by atoms with E-state index in [-0.39, 0.29) is 6.04 Å². The second-order valence-electron chi connectivity index (χ2n) is 5.03. The summed E-state index contributed by atoms with van der Waals surface area (Å²) in [5, 5.41) is 5.45. The third-order valence-electron chi connectivity index (χ3n) is 3.81. The van der Waals surface area contributed by atoms with E-state index < -0.39 is 0 Å². The number of hydrogen-bond donors (Lipinski definition) is 1. The fourth-order valence-electron chi connectivity index (χ4n) is 2.76. The van der Waals surface area contributed by atoms with Crippen LogP contribution in [0.5, 0.6) is 0 Å². The quantitative estimate of drug-likeness (QED) is 0.611. The molecule has 0 fully saturated rings. The van der Waals surface area contributed by atoms with Gasteiger partial charge in [0, 0.05) is 23.3 Å². The molecule has 1 atom stereocenters. The first kappa shape index (κ1) is 12.1. The minimum atomic E-state index is -0.224. The Kier molecular flexibility index (Phi) is 2.69. The first-order valence-corrected chi connectivity index (χ1v) is 6.86. The van der Waals surface area contributed by atoms with Gasteiger partial charge in [0.25, 0.3) is 0 Å².